The lowest BCUT2D eigenvalue weighted by atomic mass is 10.0. The molecule has 9 nitrogen and oxygen atoms in total. The molecule has 2 aromatic rings. The van der Waals surface area contributed by atoms with E-state index in [2.05, 4.69) is 5.32 Å². The number of unbranched alkanes of at least 4 members (excludes halogenated alkanes) is 1. The van der Waals surface area contributed by atoms with Crippen LogP contribution < -0.4 is 10.1 Å². The van der Waals surface area contributed by atoms with E-state index in [-0.39, 0.29) is 36.8 Å². The number of amides is 4. The van der Waals surface area contributed by atoms with Crippen molar-refractivity contribution in [3.8, 4) is 5.75 Å². The molecule has 2 aliphatic rings. The van der Waals surface area contributed by atoms with Gasteiger partial charge in [-0.3, -0.25) is 9.59 Å². The lowest BCUT2D eigenvalue weighted by Gasteiger charge is -2.54. The highest BCUT2D eigenvalue weighted by Gasteiger charge is 2.50. The van der Waals surface area contributed by atoms with Gasteiger partial charge in [-0.05, 0) is 48.2 Å². The number of likely N-dealkylation sites (N-methyl/N-ethyl adjacent to an activating group) is 1. The number of hydrogen-bond donors (Lipinski definition) is 1. The standard InChI is InChI=1S/C28H36FN5O4/c1-4-5-6-24-27(36)32(16-15-20-7-11-22(29)12-8-20)18-25-33(24)26(35)19-31(2)34(25)28(37)30-17-21-9-13-23(38-3)14-10-21/h7-14,24-25H,4-6,15-19H2,1-3H3,(H,30,37)/t24-,25-/m0/s1. The number of methoxy groups -OCH3 is 1. The van der Waals surface area contributed by atoms with Crippen molar-refractivity contribution < 1.29 is 23.5 Å². The number of rotatable bonds is 9. The predicted molar refractivity (Wildman–Crippen MR) is 140 cm³/mol. The van der Waals surface area contributed by atoms with Gasteiger partial charge < -0.3 is 19.9 Å². The quantitative estimate of drug-likeness (QED) is 0.544. The van der Waals surface area contributed by atoms with Crippen LogP contribution in [0.5, 0.6) is 5.75 Å². The Hall–Kier alpha value is -3.66. The summed E-state index contributed by atoms with van der Waals surface area (Å²) < 4.78 is 18.5. The van der Waals surface area contributed by atoms with Gasteiger partial charge in [-0.15, -0.1) is 0 Å². The first kappa shape index (κ1) is 27.4. The van der Waals surface area contributed by atoms with Crippen LogP contribution >= 0.6 is 0 Å². The highest BCUT2D eigenvalue weighted by Crippen LogP contribution is 2.28. The van der Waals surface area contributed by atoms with Crippen LogP contribution in [0.3, 0.4) is 0 Å². The van der Waals surface area contributed by atoms with Gasteiger partial charge in [-0.25, -0.2) is 19.2 Å². The van der Waals surface area contributed by atoms with Gasteiger partial charge in [0.25, 0.3) is 0 Å². The summed E-state index contributed by atoms with van der Waals surface area (Å²) >= 11 is 0. The minimum Gasteiger partial charge on any atom is -0.497 e. The molecule has 2 heterocycles. The molecule has 2 aliphatic heterocycles. The summed E-state index contributed by atoms with van der Waals surface area (Å²) in [4.78, 5) is 43.6. The second-order valence-electron chi connectivity index (χ2n) is 9.77. The van der Waals surface area contributed by atoms with Crippen molar-refractivity contribution in [2.24, 2.45) is 0 Å². The van der Waals surface area contributed by atoms with Crippen LogP contribution in [0.1, 0.15) is 37.3 Å². The maximum atomic E-state index is 13.6. The fraction of sp³-hybridized carbons (Fsp3) is 0.464. The molecule has 0 aromatic heterocycles. The molecular weight excluding hydrogens is 489 g/mol. The number of halogens is 1. The molecule has 2 atom stereocenters. The minimum absolute atomic E-state index is 0.0118. The molecule has 0 bridgehead atoms. The number of nitrogens with one attached hydrogen (secondary N) is 1. The van der Waals surface area contributed by atoms with E-state index in [1.165, 1.54) is 12.1 Å². The van der Waals surface area contributed by atoms with Crippen LogP contribution in [0.25, 0.3) is 0 Å². The molecule has 0 radical (unpaired) electrons. The third-order valence-corrected chi connectivity index (χ3v) is 7.17. The van der Waals surface area contributed by atoms with Crippen molar-refractivity contribution in [1.29, 1.82) is 0 Å². The van der Waals surface area contributed by atoms with Crippen molar-refractivity contribution in [2.45, 2.75) is 51.4 Å². The summed E-state index contributed by atoms with van der Waals surface area (Å²) in [7, 11) is 3.31. The van der Waals surface area contributed by atoms with Crippen LogP contribution in [0.2, 0.25) is 0 Å². The first-order chi connectivity index (χ1) is 18.3. The van der Waals surface area contributed by atoms with Gasteiger partial charge in [0.1, 0.15) is 23.8 Å². The molecule has 0 spiro atoms. The molecule has 4 rings (SSSR count). The van der Waals surface area contributed by atoms with Gasteiger partial charge in [0.05, 0.1) is 20.2 Å². The maximum Gasteiger partial charge on any atom is 0.334 e. The van der Waals surface area contributed by atoms with Gasteiger partial charge in [-0.2, -0.15) is 0 Å². The third kappa shape index (κ3) is 6.07. The van der Waals surface area contributed by atoms with Crippen molar-refractivity contribution in [3.05, 3.63) is 65.5 Å². The number of piperazine rings is 1. The molecule has 2 aromatic carbocycles. The van der Waals surface area contributed by atoms with Crippen molar-refractivity contribution in [1.82, 2.24) is 25.1 Å². The average Bonchev–Trinajstić information content (AvgIpc) is 2.91. The summed E-state index contributed by atoms with van der Waals surface area (Å²) in [5.74, 6) is 0.159. The molecule has 2 fully saturated rings. The summed E-state index contributed by atoms with van der Waals surface area (Å²) in [6.45, 7) is 2.98. The van der Waals surface area contributed by atoms with Crippen LogP contribution in [-0.4, -0.2) is 83.7 Å². The number of urea groups is 1. The molecule has 4 amide bonds. The summed E-state index contributed by atoms with van der Waals surface area (Å²) in [5.41, 5.74) is 1.82. The van der Waals surface area contributed by atoms with E-state index in [9.17, 15) is 18.8 Å². The summed E-state index contributed by atoms with van der Waals surface area (Å²) in [5, 5.41) is 6.14. The Morgan fingerprint density at radius 2 is 1.76 bits per heavy atom. The molecule has 1 N–H and O–H groups in total. The predicted octanol–water partition coefficient (Wildman–Crippen LogP) is 3.00. The Morgan fingerprint density at radius 1 is 1.08 bits per heavy atom. The molecule has 2 saturated heterocycles. The van der Waals surface area contributed by atoms with E-state index < -0.39 is 12.2 Å². The lowest BCUT2D eigenvalue weighted by Crippen LogP contribution is -2.76. The largest absolute Gasteiger partial charge is 0.497 e. The average molecular weight is 526 g/mol. The van der Waals surface area contributed by atoms with Gasteiger partial charge in [0.15, 0.2) is 0 Å². The monoisotopic (exact) mass is 525 g/mol. The first-order valence-corrected chi connectivity index (χ1v) is 13.1. The molecule has 204 valence electrons. The zero-order valence-corrected chi connectivity index (χ0v) is 22.2. The van der Waals surface area contributed by atoms with Crippen molar-refractivity contribution in [2.75, 3.05) is 33.8 Å². The number of benzene rings is 2. The van der Waals surface area contributed by atoms with Crippen LogP contribution in [0, 0.1) is 5.82 Å². The van der Waals surface area contributed by atoms with Crippen LogP contribution in [0.15, 0.2) is 48.5 Å². The lowest BCUT2D eigenvalue weighted by molar-refractivity contribution is -0.187. The second kappa shape index (κ2) is 12.3. The van der Waals surface area contributed by atoms with Gasteiger partial charge >= 0.3 is 6.03 Å². The number of nitrogens with zero attached hydrogens (tertiary/aromatic N) is 4. The Bertz CT molecular complexity index is 1130. The number of hydrogen-bond acceptors (Lipinski definition) is 5. The van der Waals surface area contributed by atoms with E-state index in [0.717, 1.165) is 29.7 Å². The normalized spacial score (nSPS) is 19.9. The Balaban J connectivity index is 1.53. The smallest absolute Gasteiger partial charge is 0.334 e. The van der Waals surface area contributed by atoms with Gasteiger partial charge in [0, 0.05) is 20.1 Å². The SMILES string of the molecule is CCCC[C@H]1C(=O)N(CCc2ccc(F)cc2)C[C@H]2N1C(=O)CN(C)N2C(=O)NCc1ccc(OC)cc1. The minimum atomic E-state index is -0.625. The molecule has 0 unspecified atom stereocenters. The fourth-order valence-corrected chi connectivity index (χ4v) is 5.10. The zero-order valence-electron chi connectivity index (χ0n) is 22.2. The second-order valence-corrected chi connectivity index (χ2v) is 9.77. The first-order valence-electron chi connectivity index (χ1n) is 13.1. The molecular formula is C28H36FN5O4. The van der Waals surface area contributed by atoms with E-state index in [1.807, 2.05) is 31.2 Å². The highest BCUT2D eigenvalue weighted by atomic mass is 19.1. The maximum absolute atomic E-state index is 13.6. The third-order valence-electron chi connectivity index (χ3n) is 7.17. The van der Waals surface area contributed by atoms with Crippen LogP contribution in [0.4, 0.5) is 9.18 Å². The Labute approximate surface area is 223 Å². The van der Waals surface area contributed by atoms with Crippen molar-refractivity contribution in [3.63, 3.8) is 0 Å². The Morgan fingerprint density at radius 3 is 2.42 bits per heavy atom. The Kier molecular flexibility index (Phi) is 8.83. The topological polar surface area (TPSA) is 85.4 Å². The van der Waals surface area contributed by atoms with E-state index in [4.69, 9.17) is 4.74 Å². The van der Waals surface area contributed by atoms with E-state index in [1.54, 1.807) is 46.1 Å². The molecule has 38 heavy (non-hydrogen) atoms. The molecule has 0 aliphatic carbocycles. The van der Waals surface area contributed by atoms with Crippen molar-refractivity contribution >= 4 is 17.8 Å². The zero-order chi connectivity index (χ0) is 27.2. The summed E-state index contributed by atoms with van der Waals surface area (Å²) in [6, 6.07) is 12.7. The van der Waals surface area contributed by atoms with Crippen LogP contribution in [-0.2, 0) is 22.6 Å². The number of carbonyl (C=O) groups is 3. The van der Waals surface area contributed by atoms with Gasteiger partial charge in [-0.1, -0.05) is 44.0 Å². The number of ether oxygens (including phenoxy) is 1. The van der Waals surface area contributed by atoms with E-state index >= 15 is 0 Å². The summed E-state index contributed by atoms with van der Waals surface area (Å²) in [6.07, 6.45) is 2.14. The number of hydrazine groups is 1. The van der Waals surface area contributed by atoms with E-state index in [0.29, 0.717) is 25.9 Å². The number of fused-ring (bicyclic) bond motifs is 1. The van der Waals surface area contributed by atoms with Gasteiger partial charge in [0.2, 0.25) is 11.8 Å². The molecule has 0 saturated carbocycles. The fourth-order valence-electron chi connectivity index (χ4n) is 5.10. The highest BCUT2D eigenvalue weighted by molar-refractivity contribution is 5.91. The number of carbonyl (C=O) groups excluding carboxylic acids is 3. The molecule has 10 heteroatoms.